The zero-order valence-electron chi connectivity index (χ0n) is 13.0. The molecule has 0 saturated carbocycles. The first-order chi connectivity index (χ1) is 8.58. The largest absolute Gasteiger partial charge is 0.501 e. The van der Waals surface area contributed by atoms with E-state index in [1.54, 1.807) is 7.11 Å². The van der Waals surface area contributed by atoms with Crippen LogP contribution in [0.1, 0.15) is 63.6 Å². The maximum Gasteiger partial charge on any atom is 0.0958 e. The van der Waals surface area contributed by atoms with E-state index in [9.17, 15) is 0 Å². The third-order valence-corrected chi connectivity index (χ3v) is 2.89. The quantitative estimate of drug-likeness (QED) is 0.635. The molecule has 1 rings (SSSR count). The van der Waals surface area contributed by atoms with Crippen molar-refractivity contribution in [2.75, 3.05) is 7.11 Å². The average molecular weight is 248 g/mol. The molecule has 1 heteroatoms. The van der Waals surface area contributed by atoms with Crippen LogP contribution in [0.2, 0.25) is 0 Å². The summed E-state index contributed by atoms with van der Waals surface area (Å²) in [7, 11) is 1.73. The van der Waals surface area contributed by atoms with E-state index in [-0.39, 0.29) is 0 Å². The van der Waals surface area contributed by atoms with Crippen molar-refractivity contribution in [2.24, 2.45) is 0 Å². The fourth-order valence-electron chi connectivity index (χ4n) is 1.70. The molecule has 0 bridgehead atoms. The topological polar surface area (TPSA) is 9.23 Å². The second kappa shape index (κ2) is 8.79. The summed E-state index contributed by atoms with van der Waals surface area (Å²) in [5.74, 6) is 1.62. The Morgan fingerprint density at radius 1 is 1.28 bits per heavy atom. The Hall–Kier alpha value is -1.24. The molecule has 0 spiro atoms. The number of hydrogen-bond donors (Lipinski definition) is 0. The lowest BCUT2D eigenvalue weighted by molar-refractivity contribution is 0.285. The van der Waals surface area contributed by atoms with Gasteiger partial charge in [0, 0.05) is 6.42 Å². The number of hydrogen-bond acceptors (Lipinski definition) is 1. The molecule has 0 aromatic heterocycles. The van der Waals surface area contributed by atoms with Gasteiger partial charge in [0.25, 0.3) is 0 Å². The zero-order valence-corrected chi connectivity index (χ0v) is 13.0. The fourth-order valence-corrected chi connectivity index (χ4v) is 1.70. The van der Waals surface area contributed by atoms with Crippen molar-refractivity contribution in [3.05, 3.63) is 40.6 Å². The van der Waals surface area contributed by atoms with Gasteiger partial charge >= 0.3 is 0 Å². The summed E-state index contributed by atoms with van der Waals surface area (Å²) in [5, 5.41) is 0. The van der Waals surface area contributed by atoms with Crippen LogP contribution in [0, 0.1) is 6.92 Å². The Morgan fingerprint density at radius 2 is 1.89 bits per heavy atom. The van der Waals surface area contributed by atoms with E-state index in [1.165, 1.54) is 16.7 Å². The van der Waals surface area contributed by atoms with Crippen LogP contribution in [0.3, 0.4) is 0 Å². The molecule has 0 unspecified atom stereocenters. The van der Waals surface area contributed by atoms with Gasteiger partial charge in [-0.05, 0) is 35.6 Å². The molecule has 0 aliphatic carbocycles. The lowest BCUT2D eigenvalue weighted by atomic mass is 9.97. The van der Waals surface area contributed by atoms with Crippen LogP contribution in [-0.4, -0.2) is 7.11 Å². The van der Waals surface area contributed by atoms with Gasteiger partial charge in [-0.25, -0.2) is 0 Å². The first-order valence-corrected chi connectivity index (χ1v) is 6.93. The highest BCUT2D eigenvalue weighted by atomic mass is 16.5. The average Bonchev–Trinajstić information content (AvgIpc) is 2.39. The Bertz CT molecular complexity index is 369. The van der Waals surface area contributed by atoms with Crippen LogP contribution in [0.15, 0.2) is 24.0 Å². The lowest BCUT2D eigenvalue weighted by Gasteiger charge is -2.09. The van der Waals surface area contributed by atoms with Crippen molar-refractivity contribution in [2.45, 2.75) is 53.9 Å². The molecule has 0 heterocycles. The molecule has 0 radical (unpaired) electrons. The number of methoxy groups -OCH3 is 1. The fraction of sp³-hybridized carbons (Fsp3) is 0.529. The Morgan fingerprint density at radius 3 is 2.28 bits per heavy atom. The first kappa shape index (κ1) is 16.8. The van der Waals surface area contributed by atoms with Crippen LogP contribution < -0.4 is 0 Å². The molecule has 0 N–H and O–H groups in total. The van der Waals surface area contributed by atoms with Gasteiger partial charge in [0.05, 0.1) is 12.9 Å². The van der Waals surface area contributed by atoms with Crippen molar-refractivity contribution < 1.29 is 4.74 Å². The minimum Gasteiger partial charge on any atom is -0.501 e. The molecule has 1 nitrogen and oxygen atoms in total. The summed E-state index contributed by atoms with van der Waals surface area (Å²) in [6, 6.07) is 6.64. The minimum atomic E-state index is 0.588. The summed E-state index contributed by atoms with van der Waals surface area (Å²) in [4.78, 5) is 0. The highest BCUT2D eigenvalue weighted by Crippen LogP contribution is 2.20. The predicted molar refractivity (Wildman–Crippen MR) is 81.9 cm³/mol. The van der Waals surface area contributed by atoms with E-state index in [1.807, 2.05) is 13.8 Å². The maximum absolute atomic E-state index is 5.30. The molecular weight excluding hydrogens is 220 g/mol. The third kappa shape index (κ3) is 4.95. The molecule has 0 amide bonds. The van der Waals surface area contributed by atoms with Crippen molar-refractivity contribution in [1.82, 2.24) is 0 Å². The van der Waals surface area contributed by atoms with Crippen molar-refractivity contribution >= 4 is 6.08 Å². The molecule has 102 valence electrons. The van der Waals surface area contributed by atoms with Crippen molar-refractivity contribution in [3.63, 3.8) is 0 Å². The maximum atomic E-state index is 5.30. The summed E-state index contributed by atoms with van der Waals surface area (Å²) < 4.78 is 5.30. The minimum absolute atomic E-state index is 0.588. The number of allylic oxidation sites excluding steroid dienone is 1. The van der Waals surface area contributed by atoms with Crippen molar-refractivity contribution in [3.8, 4) is 0 Å². The number of benzene rings is 1. The first-order valence-electron chi connectivity index (χ1n) is 6.93. The van der Waals surface area contributed by atoms with Crippen molar-refractivity contribution in [1.29, 1.82) is 0 Å². The monoisotopic (exact) mass is 248 g/mol. The third-order valence-electron chi connectivity index (χ3n) is 2.89. The lowest BCUT2D eigenvalue weighted by Crippen LogP contribution is -1.91. The van der Waals surface area contributed by atoms with Gasteiger partial charge in [-0.3, -0.25) is 0 Å². The molecule has 0 fully saturated rings. The van der Waals surface area contributed by atoms with Crippen LogP contribution in [0.4, 0.5) is 0 Å². The Kier molecular flexibility index (Phi) is 8.19. The van der Waals surface area contributed by atoms with Gasteiger partial charge < -0.3 is 4.74 Å². The molecule has 0 aliphatic rings. The van der Waals surface area contributed by atoms with Crippen LogP contribution in [0.25, 0.3) is 6.08 Å². The molecular formula is C17H28O. The van der Waals surface area contributed by atoms with E-state index in [0.717, 1.165) is 12.2 Å². The van der Waals surface area contributed by atoms with Crippen LogP contribution >= 0.6 is 0 Å². The van der Waals surface area contributed by atoms with Gasteiger partial charge in [-0.15, -0.1) is 0 Å². The second-order valence-electron chi connectivity index (χ2n) is 4.44. The molecule has 18 heavy (non-hydrogen) atoms. The highest BCUT2D eigenvalue weighted by Gasteiger charge is 2.02. The smallest absolute Gasteiger partial charge is 0.0958 e. The van der Waals surface area contributed by atoms with E-state index in [0.29, 0.717) is 5.92 Å². The van der Waals surface area contributed by atoms with Gasteiger partial charge in [0.15, 0.2) is 0 Å². The van der Waals surface area contributed by atoms with Gasteiger partial charge in [0.1, 0.15) is 0 Å². The molecule has 1 aromatic carbocycles. The van der Waals surface area contributed by atoms with E-state index in [4.69, 9.17) is 4.74 Å². The van der Waals surface area contributed by atoms with Gasteiger partial charge in [0.2, 0.25) is 0 Å². The van der Waals surface area contributed by atoms with Gasteiger partial charge in [-0.1, -0.05) is 52.8 Å². The number of rotatable bonds is 4. The predicted octanol–water partition coefficient (Wildman–Crippen LogP) is 5.54. The molecule has 0 atom stereocenters. The number of ether oxygens (including phenoxy) is 1. The second-order valence-corrected chi connectivity index (χ2v) is 4.44. The summed E-state index contributed by atoms with van der Waals surface area (Å²) in [6.07, 6.45) is 3.06. The molecule has 0 saturated heterocycles. The number of aryl methyl sites for hydroxylation is 1. The summed E-state index contributed by atoms with van der Waals surface area (Å²) in [6.45, 7) is 12.7. The van der Waals surface area contributed by atoms with Gasteiger partial charge in [-0.2, -0.15) is 0 Å². The molecule has 1 aromatic rings. The van der Waals surface area contributed by atoms with Crippen LogP contribution in [-0.2, 0) is 4.74 Å². The normalized spacial score (nSPS) is 11.0. The Balaban J connectivity index is 0.00000137. The van der Waals surface area contributed by atoms with E-state index >= 15 is 0 Å². The van der Waals surface area contributed by atoms with Crippen LogP contribution in [0.5, 0.6) is 0 Å². The zero-order chi connectivity index (χ0) is 14.1. The Labute approximate surface area is 113 Å². The summed E-state index contributed by atoms with van der Waals surface area (Å²) >= 11 is 0. The highest BCUT2D eigenvalue weighted by molar-refractivity contribution is 5.56. The molecule has 0 aliphatic heterocycles. The summed E-state index contributed by atoms with van der Waals surface area (Å²) in [5.41, 5.74) is 3.96. The standard InChI is InChI=1S/C15H22O.C2H6/c1-6-15(16-5)10-14-8-7-13(11(2)3)9-12(14)4;1-2/h7-11H,6H2,1-5H3;1-2H3/b15-10+;. The van der Waals surface area contributed by atoms with E-state index < -0.39 is 0 Å². The van der Waals surface area contributed by atoms with E-state index in [2.05, 4.69) is 52.0 Å². The SMILES string of the molecule is CC.CC/C(=C\c1ccc(C(C)C)cc1C)OC.